The minimum absolute atomic E-state index is 0.153. The summed E-state index contributed by atoms with van der Waals surface area (Å²) in [6.45, 7) is 2.22. The molecule has 1 aromatic carbocycles. The van der Waals surface area contributed by atoms with E-state index >= 15 is 0 Å². The maximum absolute atomic E-state index is 11.9. The second-order valence-corrected chi connectivity index (χ2v) is 6.64. The van der Waals surface area contributed by atoms with Crippen LogP contribution in [0.4, 0.5) is 5.69 Å². The second-order valence-electron chi connectivity index (χ2n) is 6.64. The van der Waals surface area contributed by atoms with Gasteiger partial charge < -0.3 is 19.5 Å². The fourth-order valence-corrected chi connectivity index (χ4v) is 3.27. The van der Waals surface area contributed by atoms with Crippen molar-refractivity contribution in [2.45, 2.75) is 36.7 Å². The van der Waals surface area contributed by atoms with Gasteiger partial charge in [-0.25, -0.2) is 0 Å². The molecule has 2 aliphatic rings. The van der Waals surface area contributed by atoms with Gasteiger partial charge in [0, 0.05) is 25.1 Å². The van der Waals surface area contributed by atoms with Crippen molar-refractivity contribution in [1.29, 1.82) is 5.26 Å². The van der Waals surface area contributed by atoms with Gasteiger partial charge in [-0.05, 0) is 30.5 Å². The largest absolute Gasteiger partial charge is 0.468 e. The molecule has 134 valence electrons. The first kappa shape index (κ1) is 17.7. The normalized spacial score (nSPS) is 20.3. The van der Waals surface area contributed by atoms with Crippen molar-refractivity contribution in [3.63, 3.8) is 0 Å². The van der Waals surface area contributed by atoms with Crippen LogP contribution in [-0.4, -0.2) is 45.0 Å². The molecule has 1 N–H and O–H groups in total. The minimum atomic E-state index is -0.706. The number of carbonyl (C=O) groups is 1. The average Bonchev–Trinajstić information content (AvgIpc) is 3.48. The third kappa shape index (κ3) is 3.78. The quantitative estimate of drug-likeness (QED) is 0.604. The van der Waals surface area contributed by atoms with Crippen molar-refractivity contribution < 1.29 is 19.0 Å². The molecule has 0 unspecified atom stereocenters. The number of nitriles is 1. The van der Waals surface area contributed by atoms with E-state index < -0.39 is 11.0 Å². The molecule has 25 heavy (non-hydrogen) atoms. The van der Waals surface area contributed by atoms with Crippen LogP contribution in [0.25, 0.3) is 0 Å². The van der Waals surface area contributed by atoms with E-state index in [1.165, 1.54) is 7.11 Å². The van der Waals surface area contributed by atoms with E-state index in [1.807, 2.05) is 24.3 Å². The highest BCUT2D eigenvalue weighted by Crippen LogP contribution is 2.49. The van der Waals surface area contributed by atoms with Crippen LogP contribution in [0.3, 0.4) is 0 Å². The molecule has 0 bridgehead atoms. The van der Waals surface area contributed by atoms with Gasteiger partial charge in [-0.3, -0.25) is 4.79 Å². The van der Waals surface area contributed by atoms with Crippen LogP contribution >= 0.6 is 0 Å². The standard InChI is InChI=1S/C19H24N2O4/c1-23-17(22)19(6-7-19)15-2-4-16(5-3-15)21-10-13-25-18(14-20)8-11-24-12-9-18/h2-5,21H,6-13H2,1H3. The van der Waals surface area contributed by atoms with Crippen LogP contribution < -0.4 is 5.32 Å². The van der Waals surface area contributed by atoms with Gasteiger partial charge in [-0.2, -0.15) is 5.26 Å². The first-order valence-electron chi connectivity index (χ1n) is 8.70. The lowest BCUT2D eigenvalue weighted by atomic mass is 9.96. The summed E-state index contributed by atoms with van der Waals surface area (Å²) in [7, 11) is 1.44. The zero-order chi connectivity index (χ0) is 17.8. The number of ether oxygens (including phenoxy) is 3. The van der Waals surface area contributed by atoms with E-state index in [2.05, 4.69) is 11.4 Å². The summed E-state index contributed by atoms with van der Waals surface area (Å²) in [5.74, 6) is -0.153. The Morgan fingerprint density at radius 3 is 2.48 bits per heavy atom. The van der Waals surface area contributed by atoms with Crippen molar-refractivity contribution in [3.8, 4) is 6.07 Å². The van der Waals surface area contributed by atoms with E-state index in [4.69, 9.17) is 14.2 Å². The molecule has 0 aromatic heterocycles. The van der Waals surface area contributed by atoms with Gasteiger partial charge in [0.15, 0.2) is 5.60 Å². The van der Waals surface area contributed by atoms with Gasteiger partial charge in [-0.15, -0.1) is 0 Å². The van der Waals surface area contributed by atoms with Gasteiger partial charge in [-0.1, -0.05) is 12.1 Å². The van der Waals surface area contributed by atoms with Gasteiger partial charge in [0.05, 0.1) is 38.4 Å². The molecular weight excluding hydrogens is 320 g/mol. The lowest BCUT2D eigenvalue weighted by molar-refractivity contribution is -0.143. The number of anilines is 1. The van der Waals surface area contributed by atoms with Crippen molar-refractivity contribution in [1.82, 2.24) is 0 Å². The molecule has 1 saturated heterocycles. The maximum Gasteiger partial charge on any atom is 0.316 e. The first-order chi connectivity index (χ1) is 12.1. The zero-order valence-corrected chi connectivity index (χ0v) is 14.5. The summed E-state index contributed by atoms with van der Waals surface area (Å²) in [5.41, 5.74) is 0.833. The topological polar surface area (TPSA) is 80.6 Å². The Morgan fingerprint density at radius 2 is 1.92 bits per heavy atom. The number of benzene rings is 1. The summed E-state index contributed by atoms with van der Waals surface area (Å²) in [5, 5.41) is 12.6. The predicted molar refractivity (Wildman–Crippen MR) is 92.2 cm³/mol. The molecule has 1 heterocycles. The number of esters is 1. The lowest BCUT2D eigenvalue weighted by Gasteiger charge is -2.30. The number of nitrogens with one attached hydrogen (secondary N) is 1. The number of hydrogen-bond acceptors (Lipinski definition) is 6. The molecule has 1 saturated carbocycles. The number of hydrogen-bond donors (Lipinski definition) is 1. The molecule has 6 nitrogen and oxygen atoms in total. The predicted octanol–water partition coefficient (Wildman–Crippen LogP) is 2.39. The van der Waals surface area contributed by atoms with Gasteiger partial charge in [0.25, 0.3) is 0 Å². The van der Waals surface area contributed by atoms with Crippen LogP contribution in [0.15, 0.2) is 24.3 Å². The van der Waals surface area contributed by atoms with Crippen LogP contribution in [0.5, 0.6) is 0 Å². The average molecular weight is 344 g/mol. The number of nitrogens with zero attached hydrogens (tertiary/aromatic N) is 1. The summed E-state index contributed by atoms with van der Waals surface area (Å²) in [6.07, 6.45) is 2.93. The lowest BCUT2D eigenvalue weighted by Crippen LogP contribution is -2.38. The summed E-state index contributed by atoms with van der Waals surface area (Å²) in [6, 6.07) is 10.2. The fraction of sp³-hybridized carbons (Fsp3) is 0.579. The number of carbonyl (C=O) groups excluding carboxylic acids is 1. The molecule has 2 fully saturated rings. The van der Waals surface area contributed by atoms with Crippen molar-refractivity contribution in [3.05, 3.63) is 29.8 Å². The molecular formula is C19H24N2O4. The Morgan fingerprint density at radius 1 is 1.24 bits per heavy atom. The highest BCUT2D eigenvalue weighted by atomic mass is 16.5. The smallest absolute Gasteiger partial charge is 0.316 e. The van der Waals surface area contributed by atoms with Gasteiger partial charge in [0.2, 0.25) is 0 Å². The Kier molecular flexibility index (Phi) is 5.26. The van der Waals surface area contributed by atoms with Crippen LogP contribution in [0, 0.1) is 11.3 Å². The molecule has 1 aromatic rings. The Hall–Kier alpha value is -2.10. The maximum atomic E-state index is 11.9. The minimum Gasteiger partial charge on any atom is -0.468 e. The van der Waals surface area contributed by atoms with Gasteiger partial charge >= 0.3 is 5.97 Å². The van der Waals surface area contributed by atoms with Crippen molar-refractivity contribution >= 4 is 11.7 Å². The summed E-state index contributed by atoms with van der Waals surface area (Å²) in [4.78, 5) is 11.9. The molecule has 0 spiro atoms. The van der Waals surface area contributed by atoms with Crippen LogP contribution in [-0.2, 0) is 24.4 Å². The van der Waals surface area contributed by atoms with E-state index in [0.717, 1.165) is 24.1 Å². The van der Waals surface area contributed by atoms with E-state index in [9.17, 15) is 10.1 Å². The van der Waals surface area contributed by atoms with Crippen molar-refractivity contribution in [2.24, 2.45) is 0 Å². The Labute approximate surface area is 148 Å². The molecule has 6 heteroatoms. The third-order valence-corrected chi connectivity index (χ3v) is 5.08. The third-order valence-electron chi connectivity index (χ3n) is 5.08. The molecule has 1 aliphatic carbocycles. The molecule has 1 aliphatic heterocycles. The van der Waals surface area contributed by atoms with E-state index in [-0.39, 0.29) is 5.97 Å². The van der Waals surface area contributed by atoms with Gasteiger partial charge in [0.1, 0.15) is 0 Å². The molecule has 0 amide bonds. The summed E-state index contributed by atoms with van der Waals surface area (Å²) >= 11 is 0. The number of methoxy groups -OCH3 is 1. The first-order valence-corrected chi connectivity index (χ1v) is 8.70. The second kappa shape index (κ2) is 7.42. The van der Waals surface area contributed by atoms with E-state index in [1.54, 1.807) is 0 Å². The molecule has 3 rings (SSSR count). The SMILES string of the molecule is COC(=O)C1(c2ccc(NCCOC3(C#N)CCOCC3)cc2)CC1. The fourth-order valence-electron chi connectivity index (χ4n) is 3.27. The van der Waals surface area contributed by atoms with E-state index in [0.29, 0.717) is 39.2 Å². The highest BCUT2D eigenvalue weighted by Gasteiger charge is 2.52. The number of rotatable bonds is 7. The summed E-state index contributed by atoms with van der Waals surface area (Å²) < 4.78 is 16.0. The molecule has 0 radical (unpaired) electrons. The Bertz CT molecular complexity index is 640. The Balaban J connectivity index is 1.48. The molecule has 0 atom stereocenters. The zero-order valence-electron chi connectivity index (χ0n) is 14.5. The highest BCUT2D eigenvalue weighted by molar-refractivity contribution is 5.86. The van der Waals surface area contributed by atoms with Crippen molar-refractivity contribution in [2.75, 3.05) is 38.8 Å². The van der Waals surface area contributed by atoms with Crippen LogP contribution in [0.2, 0.25) is 0 Å². The monoisotopic (exact) mass is 344 g/mol. The van der Waals surface area contributed by atoms with Crippen LogP contribution in [0.1, 0.15) is 31.2 Å².